The van der Waals surface area contributed by atoms with Gasteiger partial charge in [0.05, 0.1) is 12.2 Å². The molecule has 0 radical (unpaired) electrons. The number of amides is 1. The summed E-state index contributed by atoms with van der Waals surface area (Å²) in [4.78, 5) is 20.6. The minimum atomic E-state index is -0.157. The van der Waals surface area contributed by atoms with E-state index in [1.54, 1.807) is 35.4 Å². The van der Waals surface area contributed by atoms with Gasteiger partial charge in [-0.05, 0) is 30.3 Å². The van der Waals surface area contributed by atoms with E-state index in [-0.39, 0.29) is 5.91 Å². The Kier molecular flexibility index (Phi) is 3.90. The van der Waals surface area contributed by atoms with E-state index in [1.807, 2.05) is 25.1 Å². The molecule has 2 aromatic rings. The monoisotopic (exact) mass is 317 g/mol. The lowest BCUT2D eigenvalue weighted by molar-refractivity contribution is 0.0972. The summed E-state index contributed by atoms with van der Waals surface area (Å²) in [5, 5.41) is 0.567. The second-order valence-electron chi connectivity index (χ2n) is 5.21. The number of carbonyl (C=O) groups is 1. The summed E-state index contributed by atoms with van der Waals surface area (Å²) in [6.07, 6.45) is 1.64. The number of ether oxygens (including phenoxy) is 1. The van der Waals surface area contributed by atoms with Gasteiger partial charge < -0.3 is 14.5 Å². The maximum Gasteiger partial charge on any atom is 0.277 e. The molecule has 2 heterocycles. The average molecular weight is 318 g/mol. The van der Waals surface area contributed by atoms with Crippen molar-refractivity contribution in [3.8, 4) is 5.75 Å². The third-order valence-electron chi connectivity index (χ3n) is 3.51. The fourth-order valence-corrected chi connectivity index (χ4v) is 2.52. The third-order valence-corrected chi connectivity index (χ3v) is 3.74. The molecule has 5 nitrogen and oxygen atoms in total. The van der Waals surface area contributed by atoms with Gasteiger partial charge in [-0.2, -0.15) is 0 Å². The van der Waals surface area contributed by atoms with Gasteiger partial charge in [-0.25, -0.2) is 0 Å². The Morgan fingerprint density at radius 2 is 2.14 bits per heavy atom. The SMILES string of the molecule is CN(C)c1ccnc(C(=O)N2CCOc3ccc(Cl)cc32)c1. The van der Waals surface area contributed by atoms with E-state index in [2.05, 4.69) is 4.98 Å². The molecule has 0 saturated carbocycles. The van der Waals surface area contributed by atoms with Crippen molar-refractivity contribution in [1.29, 1.82) is 0 Å². The van der Waals surface area contributed by atoms with Crippen LogP contribution < -0.4 is 14.5 Å². The van der Waals surface area contributed by atoms with Crippen LogP contribution in [0, 0.1) is 0 Å². The number of rotatable bonds is 2. The van der Waals surface area contributed by atoms with E-state index in [9.17, 15) is 4.79 Å². The van der Waals surface area contributed by atoms with Crippen LogP contribution in [0.2, 0.25) is 5.02 Å². The zero-order valence-electron chi connectivity index (χ0n) is 12.4. The Morgan fingerprint density at radius 3 is 2.91 bits per heavy atom. The van der Waals surface area contributed by atoms with Gasteiger partial charge >= 0.3 is 0 Å². The lowest BCUT2D eigenvalue weighted by Crippen LogP contribution is -2.38. The Bertz CT molecular complexity index is 718. The lowest BCUT2D eigenvalue weighted by atomic mass is 10.2. The summed E-state index contributed by atoms with van der Waals surface area (Å²) in [5.41, 5.74) is 2.01. The topological polar surface area (TPSA) is 45.7 Å². The van der Waals surface area contributed by atoms with E-state index in [0.29, 0.717) is 35.3 Å². The number of halogens is 1. The quantitative estimate of drug-likeness (QED) is 0.854. The van der Waals surface area contributed by atoms with Gasteiger partial charge in [0.15, 0.2) is 0 Å². The highest BCUT2D eigenvalue weighted by Gasteiger charge is 2.26. The first-order valence-electron chi connectivity index (χ1n) is 6.94. The predicted molar refractivity (Wildman–Crippen MR) is 87.2 cm³/mol. The number of hydrogen-bond donors (Lipinski definition) is 0. The Morgan fingerprint density at radius 1 is 1.32 bits per heavy atom. The van der Waals surface area contributed by atoms with E-state index in [0.717, 1.165) is 5.69 Å². The van der Waals surface area contributed by atoms with Gasteiger partial charge in [-0.3, -0.25) is 9.78 Å². The number of pyridine rings is 1. The largest absolute Gasteiger partial charge is 0.490 e. The van der Waals surface area contributed by atoms with Gasteiger partial charge in [0.25, 0.3) is 5.91 Å². The van der Waals surface area contributed by atoms with Gasteiger partial charge in [0.2, 0.25) is 0 Å². The minimum absolute atomic E-state index is 0.157. The highest BCUT2D eigenvalue weighted by molar-refractivity contribution is 6.31. The first-order valence-corrected chi connectivity index (χ1v) is 7.31. The van der Waals surface area contributed by atoms with Crippen molar-refractivity contribution >= 4 is 28.9 Å². The summed E-state index contributed by atoms with van der Waals surface area (Å²) < 4.78 is 5.58. The number of hydrogen-bond acceptors (Lipinski definition) is 4. The molecule has 114 valence electrons. The average Bonchev–Trinajstić information content (AvgIpc) is 2.53. The van der Waals surface area contributed by atoms with E-state index >= 15 is 0 Å². The molecule has 0 fully saturated rings. The van der Waals surface area contributed by atoms with Crippen LogP contribution in [0.25, 0.3) is 0 Å². The molecule has 22 heavy (non-hydrogen) atoms. The van der Waals surface area contributed by atoms with Crippen LogP contribution >= 0.6 is 11.6 Å². The van der Waals surface area contributed by atoms with E-state index < -0.39 is 0 Å². The second kappa shape index (κ2) is 5.85. The summed E-state index contributed by atoms with van der Waals surface area (Å²) in [7, 11) is 3.85. The van der Waals surface area contributed by atoms with Crippen LogP contribution in [0.1, 0.15) is 10.5 Å². The fourth-order valence-electron chi connectivity index (χ4n) is 2.35. The van der Waals surface area contributed by atoms with Crippen LogP contribution in [-0.2, 0) is 0 Å². The van der Waals surface area contributed by atoms with Crippen LogP contribution in [-0.4, -0.2) is 38.1 Å². The summed E-state index contributed by atoms with van der Waals surface area (Å²) in [5.74, 6) is 0.503. The predicted octanol–water partition coefficient (Wildman–Crippen LogP) is 2.84. The number of carbonyl (C=O) groups excluding carboxylic acids is 1. The molecule has 0 bridgehead atoms. The highest BCUT2D eigenvalue weighted by atomic mass is 35.5. The third kappa shape index (κ3) is 2.72. The molecule has 1 aromatic carbocycles. The first-order chi connectivity index (χ1) is 10.6. The van der Waals surface area contributed by atoms with E-state index in [1.165, 1.54) is 0 Å². The highest BCUT2D eigenvalue weighted by Crippen LogP contribution is 2.34. The summed E-state index contributed by atoms with van der Waals surface area (Å²) in [6, 6.07) is 8.91. The van der Waals surface area contributed by atoms with Crippen molar-refractivity contribution in [2.24, 2.45) is 0 Å². The van der Waals surface area contributed by atoms with E-state index in [4.69, 9.17) is 16.3 Å². The van der Waals surface area contributed by atoms with Crippen LogP contribution in [0.4, 0.5) is 11.4 Å². The Labute approximate surface area is 134 Å². The van der Waals surface area contributed by atoms with Crippen molar-refractivity contribution in [2.45, 2.75) is 0 Å². The molecule has 0 aliphatic carbocycles. The number of benzene rings is 1. The number of nitrogens with zero attached hydrogens (tertiary/aromatic N) is 3. The Hall–Kier alpha value is -2.27. The molecular formula is C16H16ClN3O2. The minimum Gasteiger partial charge on any atom is -0.490 e. The van der Waals surface area contributed by atoms with Crippen LogP contribution in [0.15, 0.2) is 36.5 Å². The maximum absolute atomic E-state index is 12.8. The second-order valence-corrected chi connectivity index (χ2v) is 5.65. The molecule has 1 aliphatic rings. The van der Waals surface area contributed by atoms with Gasteiger partial charge in [-0.15, -0.1) is 0 Å². The number of anilines is 2. The van der Waals surface area contributed by atoms with Crippen molar-refractivity contribution < 1.29 is 9.53 Å². The molecule has 1 aliphatic heterocycles. The zero-order valence-corrected chi connectivity index (χ0v) is 13.2. The van der Waals surface area contributed by atoms with Gasteiger partial charge in [0, 0.05) is 31.0 Å². The normalized spacial score (nSPS) is 13.3. The molecule has 1 amide bonds. The van der Waals surface area contributed by atoms with Crippen LogP contribution in [0.3, 0.4) is 0 Å². The lowest BCUT2D eigenvalue weighted by Gasteiger charge is -2.29. The molecular weight excluding hydrogens is 302 g/mol. The molecule has 0 atom stereocenters. The van der Waals surface area contributed by atoms with Crippen molar-refractivity contribution in [2.75, 3.05) is 37.0 Å². The molecule has 1 aromatic heterocycles. The molecule has 0 saturated heterocycles. The smallest absolute Gasteiger partial charge is 0.277 e. The Balaban J connectivity index is 1.97. The van der Waals surface area contributed by atoms with Crippen molar-refractivity contribution in [3.63, 3.8) is 0 Å². The van der Waals surface area contributed by atoms with Crippen LogP contribution in [0.5, 0.6) is 5.75 Å². The number of fused-ring (bicyclic) bond motifs is 1. The zero-order chi connectivity index (χ0) is 15.7. The summed E-state index contributed by atoms with van der Waals surface area (Å²) in [6.45, 7) is 0.924. The van der Waals surface area contributed by atoms with Crippen molar-refractivity contribution in [1.82, 2.24) is 4.98 Å². The van der Waals surface area contributed by atoms with Crippen molar-refractivity contribution in [3.05, 3.63) is 47.2 Å². The molecule has 6 heteroatoms. The van der Waals surface area contributed by atoms with Gasteiger partial charge in [-0.1, -0.05) is 11.6 Å². The molecule has 0 unspecified atom stereocenters. The standard InChI is InChI=1S/C16H16ClN3O2/c1-19(2)12-5-6-18-13(10-12)16(21)20-7-8-22-15-4-3-11(17)9-14(15)20/h3-6,9-10H,7-8H2,1-2H3. The fraction of sp³-hybridized carbons (Fsp3) is 0.250. The van der Waals surface area contributed by atoms with Gasteiger partial charge in [0.1, 0.15) is 18.1 Å². The maximum atomic E-state index is 12.8. The molecule has 0 spiro atoms. The molecule has 0 N–H and O–H groups in total. The summed E-state index contributed by atoms with van der Waals surface area (Å²) >= 11 is 6.04. The number of aromatic nitrogens is 1. The first kappa shape index (κ1) is 14.7. The molecule has 3 rings (SSSR count).